The van der Waals surface area contributed by atoms with E-state index < -0.39 is 6.10 Å². The molecule has 0 bridgehead atoms. The summed E-state index contributed by atoms with van der Waals surface area (Å²) >= 11 is 0. The molecule has 1 fully saturated rings. The number of aliphatic hydroxyl groups excluding tert-OH is 1. The Hall–Kier alpha value is -1.35. The van der Waals surface area contributed by atoms with Crippen molar-refractivity contribution in [3.8, 4) is 0 Å². The molecule has 3 rings (SSSR count). The van der Waals surface area contributed by atoms with Gasteiger partial charge in [0.2, 0.25) is 0 Å². The quantitative estimate of drug-likeness (QED) is 0.795. The molecule has 3 nitrogen and oxygen atoms in total. The predicted molar refractivity (Wildman–Crippen MR) is 99.5 cm³/mol. The van der Waals surface area contributed by atoms with Gasteiger partial charge in [-0.05, 0) is 53.2 Å². The molecule has 25 heavy (non-hydrogen) atoms. The van der Waals surface area contributed by atoms with Gasteiger partial charge in [-0.1, -0.05) is 52.3 Å². The van der Waals surface area contributed by atoms with E-state index in [0.29, 0.717) is 18.4 Å². The lowest BCUT2D eigenvalue weighted by molar-refractivity contribution is -0.149. The Labute approximate surface area is 151 Å². The van der Waals surface area contributed by atoms with E-state index in [1.807, 2.05) is 0 Å². The molecule has 138 valence electrons. The highest BCUT2D eigenvalue weighted by molar-refractivity contribution is 5.65. The van der Waals surface area contributed by atoms with E-state index in [0.717, 1.165) is 31.2 Å². The number of hydrogen-bond donors (Lipinski definition) is 1. The van der Waals surface area contributed by atoms with E-state index >= 15 is 0 Å². The number of carbonyl (C=O) groups is 1. The lowest BCUT2D eigenvalue weighted by atomic mass is 9.49. The molecule has 0 heterocycles. The molecule has 0 saturated heterocycles. The van der Waals surface area contributed by atoms with E-state index in [-0.39, 0.29) is 16.8 Å². The molecule has 1 aromatic carbocycles. The fourth-order valence-electron chi connectivity index (χ4n) is 5.37. The van der Waals surface area contributed by atoms with Crippen LogP contribution in [0.4, 0.5) is 0 Å². The summed E-state index contributed by atoms with van der Waals surface area (Å²) < 4.78 is 5.43. The summed E-state index contributed by atoms with van der Waals surface area (Å²) in [5.74, 6) is 0.566. The fourth-order valence-corrected chi connectivity index (χ4v) is 5.37. The maximum atomic E-state index is 11.4. The van der Waals surface area contributed by atoms with Crippen LogP contribution in [0.3, 0.4) is 0 Å². The van der Waals surface area contributed by atoms with Gasteiger partial charge in [0, 0.05) is 12.3 Å². The number of ether oxygens (including phenoxy) is 1. The lowest BCUT2D eigenvalue weighted by Crippen LogP contribution is -2.51. The summed E-state index contributed by atoms with van der Waals surface area (Å²) in [6.07, 6.45) is 3.64. The number of aliphatic hydroxyl groups is 1. The van der Waals surface area contributed by atoms with Gasteiger partial charge in [0.15, 0.2) is 0 Å². The predicted octanol–water partition coefficient (Wildman–Crippen LogP) is 4.87. The van der Waals surface area contributed by atoms with Crippen molar-refractivity contribution < 1.29 is 14.6 Å². The first kappa shape index (κ1) is 18.4. The normalized spacial score (nSPS) is 34.4. The van der Waals surface area contributed by atoms with Crippen LogP contribution in [-0.2, 0) is 14.9 Å². The van der Waals surface area contributed by atoms with Gasteiger partial charge < -0.3 is 9.84 Å². The molecule has 4 atom stereocenters. The monoisotopic (exact) mass is 344 g/mol. The van der Waals surface area contributed by atoms with Gasteiger partial charge in [-0.3, -0.25) is 4.79 Å². The maximum Gasteiger partial charge on any atom is 0.302 e. The van der Waals surface area contributed by atoms with E-state index in [9.17, 15) is 9.90 Å². The van der Waals surface area contributed by atoms with E-state index in [2.05, 4.69) is 45.9 Å². The summed E-state index contributed by atoms with van der Waals surface area (Å²) in [6.45, 7) is 10.9. The van der Waals surface area contributed by atoms with Crippen molar-refractivity contribution >= 4 is 5.97 Å². The number of rotatable bonds is 3. The van der Waals surface area contributed by atoms with Crippen molar-refractivity contribution in [2.24, 2.45) is 11.3 Å². The van der Waals surface area contributed by atoms with Gasteiger partial charge in [0.1, 0.15) is 0 Å². The van der Waals surface area contributed by atoms with Crippen LogP contribution in [-0.4, -0.2) is 17.7 Å². The van der Waals surface area contributed by atoms with Gasteiger partial charge in [0.25, 0.3) is 0 Å². The van der Waals surface area contributed by atoms with E-state index in [1.165, 1.54) is 18.1 Å². The third kappa shape index (κ3) is 3.12. The Morgan fingerprint density at radius 2 is 2.04 bits per heavy atom. The van der Waals surface area contributed by atoms with Crippen molar-refractivity contribution in [2.75, 3.05) is 6.61 Å². The molecule has 1 aromatic rings. The average Bonchev–Trinajstić information content (AvgIpc) is 2.55. The first-order chi connectivity index (χ1) is 11.7. The van der Waals surface area contributed by atoms with Crippen LogP contribution in [0.25, 0.3) is 0 Å². The van der Waals surface area contributed by atoms with Crippen LogP contribution in [0.15, 0.2) is 18.2 Å². The molecule has 0 radical (unpaired) electrons. The Kier molecular flexibility index (Phi) is 4.74. The number of esters is 1. The van der Waals surface area contributed by atoms with Crippen molar-refractivity contribution in [1.29, 1.82) is 0 Å². The number of benzene rings is 1. The van der Waals surface area contributed by atoms with Gasteiger partial charge in [-0.2, -0.15) is 0 Å². The number of hydrogen-bond acceptors (Lipinski definition) is 3. The van der Waals surface area contributed by atoms with Crippen molar-refractivity contribution in [2.45, 2.75) is 77.7 Å². The van der Waals surface area contributed by atoms with Crippen LogP contribution in [0, 0.1) is 11.3 Å². The molecule has 2 aliphatic carbocycles. The minimum atomic E-state index is -0.429. The molecule has 3 heteroatoms. The highest BCUT2D eigenvalue weighted by Gasteiger charge is 2.53. The Bertz CT molecular complexity index is 665. The molecule has 4 unspecified atom stereocenters. The minimum absolute atomic E-state index is 0.0389. The lowest BCUT2D eigenvalue weighted by Gasteiger charge is -2.56. The van der Waals surface area contributed by atoms with Crippen LogP contribution in [0.2, 0.25) is 0 Å². The Morgan fingerprint density at radius 1 is 1.32 bits per heavy atom. The smallest absolute Gasteiger partial charge is 0.302 e. The highest BCUT2D eigenvalue weighted by atomic mass is 16.5. The van der Waals surface area contributed by atoms with Gasteiger partial charge in [-0.25, -0.2) is 0 Å². The number of carbonyl (C=O) groups excluding carboxylic acids is 1. The van der Waals surface area contributed by atoms with Crippen LogP contribution < -0.4 is 0 Å². The summed E-state index contributed by atoms with van der Waals surface area (Å²) in [7, 11) is 0. The van der Waals surface area contributed by atoms with Crippen LogP contribution in [0.1, 0.15) is 89.0 Å². The largest absolute Gasteiger partial charge is 0.465 e. The first-order valence-electron chi connectivity index (χ1n) is 9.63. The first-order valence-corrected chi connectivity index (χ1v) is 9.63. The summed E-state index contributed by atoms with van der Waals surface area (Å²) in [5.41, 5.74) is 3.67. The molecule has 0 spiro atoms. The third-order valence-electron chi connectivity index (χ3n) is 6.84. The van der Waals surface area contributed by atoms with E-state index in [1.54, 1.807) is 0 Å². The molecule has 1 N–H and O–H groups in total. The zero-order valence-corrected chi connectivity index (χ0v) is 16.3. The molecule has 0 amide bonds. The summed E-state index contributed by atoms with van der Waals surface area (Å²) in [6, 6.07) is 6.68. The maximum absolute atomic E-state index is 11.4. The van der Waals surface area contributed by atoms with Crippen LogP contribution in [0.5, 0.6) is 0 Å². The second kappa shape index (κ2) is 6.42. The molecule has 2 aliphatic rings. The second-order valence-electron chi connectivity index (χ2n) is 9.01. The highest BCUT2D eigenvalue weighted by Crippen LogP contribution is 2.59. The molecular weight excluding hydrogens is 312 g/mol. The molecule has 0 aromatic heterocycles. The standard InChI is InChI=1S/C22H32O3/c1-14(2)16-7-8-18-17(11-16)19(24)12-20-21(4,13-25-15(3)23)9-6-10-22(18,20)5/h7-8,11,14,19-20,24H,6,9-10,12-13H2,1-5H3. The van der Waals surface area contributed by atoms with Gasteiger partial charge >= 0.3 is 5.97 Å². The molecule has 0 aliphatic heterocycles. The summed E-state index contributed by atoms with van der Waals surface area (Å²) in [4.78, 5) is 11.4. The zero-order valence-electron chi connectivity index (χ0n) is 16.3. The second-order valence-corrected chi connectivity index (χ2v) is 9.01. The third-order valence-corrected chi connectivity index (χ3v) is 6.84. The SMILES string of the molecule is CC(=O)OCC1(C)CCCC2(C)c3ccc(C(C)C)cc3C(O)CC12. The topological polar surface area (TPSA) is 46.5 Å². The van der Waals surface area contributed by atoms with E-state index in [4.69, 9.17) is 4.74 Å². The van der Waals surface area contributed by atoms with Gasteiger partial charge in [0.05, 0.1) is 12.7 Å². The van der Waals surface area contributed by atoms with Crippen LogP contribution >= 0.6 is 0 Å². The Morgan fingerprint density at radius 3 is 2.68 bits per heavy atom. The van der Waals surface area contributed by atoms with Crippen molar-refractivity contribution in [1.82, 2.24) is 0 Å². The average molecular weight is 344 g/mol. The van der Waals surface area contributed by atoms with Gasteiger partial charge in [-0.15, -0.1) is 0 Å². The van der Waals surface area contributed by atoms with Crippen molar-refractivity contribution in [3.05, 3.63) is 34.9 Å². The van der Waals surface area contributed by atoms with Crippen molar-refractivity contribution in [3.63, 3.8) is 0 Å². The molecule has 1 saturated carbocycles. The summed E-state index contributed by atoms with van der Waals surface area (Å²) in [5, 5.41) is 10.9. The zero-order chi connectivity index (χ0) is 18.4. The fraction of sp³-hybridized carbons (Fsp3) is 0.682. The number of fused-ring (bicyclic) bond motifs is 3. The molecular formula is C22H32O3. The Balaban J connectivity index is 2.02. The minimum Gasteiger partial charge on any atom is -0.465 e.